The van der Waals surface area contributed by atoms with Gasteiger partial charge in [0.2, 0.25) is 5.95 Å². The van der Waals surface area contributed by atoms with E-state index in [-0.39, 0.29) is 0 Å². The van der Waals surface area contributed by atoms with Crippen LogP contribution in [0, 0.1) is 6.92 Å². The Kier molecular flexibility index (Phi) is 6.12. The number of benzene rings is 1. The van der Waals surface area contributed by atoms with Crippen LogP contribution in [-0.2, 0) is 0 Å². The lowest BCUT2D eigenvalue weighted by Crippen LogP contribution is -2.26. The van der Waals surface area contributed by atoms with Crippen molar-refractivity contribution in [3.05, 3.63) is 34.4 Å². The van der Waals surface area contributed by atoms with Crippen molar-refractivity contribution >= 4 is 33.4 Å². The molecule has 0 radical (unpaired) electrons. The average Bonchev–Trinajstić information content (AvgIpc) is 2.50. The number of aryl methyl sites for hydroxylation is 1. The molecule has 0 unspecified atom stereocenters. The van der Waals surface area contributed by atoms with Gasteiger partial charge in [-0.15, -0.1) is 5.10 Å². The van der Waals surface area contributed by atoms with Crippen molar-refractivity contribution in [2.45, 2.75) is 33.6 Å². The summed E-state index contributed by atoms with van der Waals surface area (Å²) in [5.74, 6) is 1.40. The molecule has 0 bridgehead atoms. The molecule has 2 aromatic rings. The average molecular weight is 364 g/mol. The zero-order chi connectivity index (χ0) is 15.9. The Morgan fingerprint density at radius 1 is 1.18 bits per heavy atom. The standard InChI is InChI=1S/C16H22BrN5/c1-4-8-22(9-5-2)15-11-18-21-16(20-15)19-14-7-6-13(17)10-12(14)3/h6-7,10-11H,4-5,8-9H2,1-3H3,(H,19,20,21). The topological polar surface area (TPSA) is 53.9 Å². The SMILES string of the molecule is CCCN(CCC)c1cnnc(Nc2ccc(Br)cc2C)n1. The highest BCUT2D eigenvalue weighted by molar-refractivity contribution is 9.10. The molecule has 5 nitrogen and oxygen atoms in total. The molecule has 0 atom stereocenters. The monoisotopic (exact) mass is 363 g/mol. The number of hydrogen-bond acceptors (Lipinski definition) is 5. The molecule has 0 aliphatic carbocycles. The van der Waals surface area contributed by atoms with Crippen molar-refractivity contribution in [2.24, 2.45) is 0 Å². The Morgan fingerprint density at radius 2 is 1.91 bits per heavy atom. The minimum Gasteiger partial charge on any atom is -0.355 e. The van der Waals surface area contributed by atoms with Gasteiger partial charge in [-0.25, -0.2) is 0 Å². The predicted molar refractivity (Wildman–Crippen MR) is 94.8 cm³/mol. The maximum atomic E-state index is 4.60. The summed E-state index contributed by atoms with van der Waals surface area (Å²) < 4.78 is 1.06. The van der Waals surface area contributed by atoms with Crippen LogP contribution in [0.3, 0.4) is 0 Å². The minimum atomic E-state index is 0.528. The lowest BCUT2D eigenvalue weighted by Gasteiger charge is -2.22. The highest BCUT2D eigenvalue weighted by Gasteiger charge is 2.09. The van der Waals surface area contributed by atoms with Gasteiger partial charge >= 0.3 is 0 Å². The van der Waals surface area contributed by atoms with Crippen LogP contribution in [0.25, 0.3) is 0 Å². The van der Waals surface area contributed by atoms with Crippen molar-refractivity contribution < 1.29 is 0 Å². The van der Waals surface area contributed by atoms with E-state index in [2.05, 4.69) is 61.2 Å². The molecule has 0 aliphatic heterocycles. The fraction of sp³-hybridized carbons (Fsp3) is 0.438. The Balaban J connectivity index is 2.20. The number of anilines is 3. The van der Waals surface area contributed by atoms with Crippen molar-refractivity contribution in [3.63, 3.8) is 0 Å². The smallest absolute Gasteiger partial charge is 0.249 e. The molecule has 0 amide bonds. The van der Waals surface area contributed by atoms with Gasteiger partial charge in [0, 0.05) is 23.2 Å². The van der Waals surface area contributed by atoms with Crippen LogP contribution in [0.2, 0.25) is 0 Å². The number of rotatable bonds is 7. The van der Waals surface area contributed by atoms with E-state index in [1.165, 1.54) is 0 Å². The van der Waals surface area contributed by atoms with E-state index in [0.29, 0.717) is 5.95 Å². The first-order chi connectivity index (χ1) is 10.6. The van der Waals surface area contributed by atoms with Gasteiger partial charge in [0.15, 0.2) is 5.82 Å². The quantitative estimate of drug-likeness (QED) is 0.793. The summed E-state index contributed by atoms with van der Waals surface area (Å²) in [4.78, 5) is 6.84. The van der Waals surface area contributed by atoms with Crippen molar-refractivity contribution in [3.8, 4) is 0 Å². The Bertz CT molecular complexity index is 611. The van der Waals surface area contributed by atoms with Crippen molar-refractivity contribution in [2.75, 3.05) is 23.3 Å². The Morgan fingerprint density at radius 3 is 2.55 bits per heavy atom. The normalized spacial score (nSPS) is 10.5. The van der Waals surface area contributed by atoms with Gasteiger partial charge in [0.1, 0.15) is 0 Å². The van der Waals surface area contributed by atoms with Gasteiger partial charge in [0.05, 0.1) is 6.20 Å². The van der Waals surface area contributed by atoms with Crippen LogP contribution in [0.15, 0.2) is 28.9 Å². The zero-order valence-electron chi connectivity index (χ0n) is 13.3. The van der Waals surface area contributed by atoms with Crippen molar-refractivity contribution in [1.29, 1.82) is 0 Å². The first-order valence-electron chi connectivity index (χ1n) is 7.61. The molecule has 0 fully saturated rings. The molecule has 0 spiro atoms. The number of aromatic nitrogens is 3. The van der Waals surface area contributed by atoms with Gasteiger partial charge in [-0.05, 0) is 43.5 Å². The second-order valence-corrected chi connectivity index (χ2v) is 6.13. The largest absolute Gasteiger partial charge is 0.355 e. The van der Waals surface area contributed by atoms with Crippen LogP contribution in [0.1, 0.15) is 32.3 Å². The summed E-state index contributed by atoms with van der Waals surface area (Å²) in [5, 5.41) is 11.4. The lowest BCUT2D eigenvalue weighted by molar-refractivity contribution is 0.728. The molecule has 22 heavy (non-hydrogen) atoms. The summed E-state index contributed by atoms with van der Waals surface area (Å²) in [7, 11) is 0. The van der Waals surface area contributed by atoms with Gasteiger partial charge in [0.25, 0.3) is 0 Å². The molecular weight excluding hydrogens is 342 g/mol. The van der Waals surface area contributed by atoms with Crippen LogP contribution >= 0.6 is 15.9 Å². The fourth-order valence-corrected chi connectivity index (χ4v) is 2.74. The molecular formula is C16H22BrN5. The highest BCUT2D eigenvalue weighted by Crippen LogP contribution is 2.22. The van der Waals surface area contributed by atoms with E-state index in [0.717, 1.165) is 47.5 Å². The third-order valence-corrected chi connectivity index (χ3v) is 3.79. The van der Waals surface area contributed by atoms with Crippen molar-refractivity contribution in [1.82, 2.24) is 15.2 Å². The molecule has 1 aromatic carbocycles. The molecule has 118 valence electrons. The number of halogens is 1. The third kappa shape index (κ3) is 4.40. The minimum absolute atomic E-state index is 0.528. The molecule has 1 heterocycles. The van der Waals surface area contributed by atoms with Crippen LogP contribution < -0.4 is 10.2 Å². The van der Waals surface area contributed by atoms with E-state index < -0.39 is 0 Å². The van der Waals surface area contributed by atoms with Crippen LogP contribution in [-0.4, -0.2) is 28.3 Å². The van der Waals surface area contributed by atoms with Gasteiger partial charge in [-0.1, -0.05) is 29.8 Å². The predicted octanol–water partition coefficient (Wildman–Crippen LogP) is 4.31. The Labute approximate surface area is 140 Å². The molecule has 1 aromatic heterocycles. The van der Waals surface area contributed by atoms with Gasteiger partial charge in [-0.2, -0.15) is 10.1 Å². The highest BCUT2D eigenvalue weighted by atomic mass is 79.9. The van der Waals surface area contributed by atoms with Gasteiger partial charge in [-0.3, -0.25) is 0 Å². The first kappa shape index (κ1) is 16.7. The van der Waals surface area contributed by atoms with Crippen LogP contribution in [0.4, 0.5) is 17.5 Å². The summed E-state index contributed by atoms with van der Waals surface area (Å²) in [6, 6.07) is 6.05. The van der Waals surface area contributed by atoms with E-state index in [1.54, 1.807) is 6.20 Å². The maximum absolute atomic E-state index is 4.60. The van der Waals surface area contributed by atoms with E-state index in [9.17, 15) is 0 Å². The molecule has 0 saturated heterocycles. The molecule has 6 heteroatoms. The lowest BCUT2D eigenvalue weighted by atomic mass is 10.2. The summed E-state index contributed by atoms with van der Waals surface area (Å²) in [5.41, 5.74) is 2.11. The summed E-state index contributed by atoms with van der Waals surface area (Å²) in [6.07, 6.45) is 3.89. The van der Waals surface area contributed by atoms with E-state index in [1.807, 2.05) is 19.1 Å². The molecule has 2 rings (SSSR count). The third-order valence-electron chi connectivity index (χ3n) is 3.29. The molecule has 1 N–H and O–H groups in total. The van der Waals surface area contributed by atoms with Gasteiger partial charge < -0.3 is 10.2 Å². The maximum Gasteiger partial charge on any atom is 0.249 e. The summed E-state index contributed by atoms with van der Waals surface area (Å²) in [6.45, 7) is 8.33. The zero-order valence-corrected chi connectivity index (χ0v) is 14.9. The summed E-state index contributed by atoms with van der Waals surface area (Å²) >= 11 is 3.47. The number of nitrogens with zero attached hydrogens (tertiary/aromatic N) is 4. The second-order valence-electron chi connectivity index (χ2n) is 5.21. The molecule has 0 saturated carbocycles. The number of nitrogens with one attached hydrogen (secondary N) is 1. The fourth-order valence-electron chi connectivity index (χ4n) is 2.27. The first-order valence-corrected chi connectivity index (χ1v) is 8.41. The van der Waals surface area contributed by atoms with Crippen LogP contribution in [0.5, 0.6) is 0 Å². The molecule has 0 aliphatic rings. The number of hydrogen-bond donors (Lipinski definition) is 1. The Hall–Kier alpha value is -1.69. The second kappa shape index (κ2) is 8.08. The van der Waals surface area contributed by atoms with E-state index >= 15 is 0 Å². The van der Waals surface area contributed by atoms with E-state index in [4.69, 9.17) is 0 Å².